The molecule has 0 spiro atoms. The van der Waals surface area contributed by atoms with E-state index in [0.717, 1.165) is 51.4 Å². The summed E-state index contributed by atoms with van der Waals surface area (Å²) >= 11 is 0. The maximum absolute atomic E-state index is 5.53. The number of aryl methyl sites for hydroxylation is 1. The van der Waals surface area contributed by atoms with Crippen molar-refractivity contribution in [3.05, 3.63) is 17.5 Å². The van der Waals surface area contributed by atoms with Crippen molar-refractivity contribution < 1.29 is 4.74 Å². The third-order valence-electron chi connectivity index (χ3n) is 5.17. The monoisotopic (exact) mass is 333 g/mol. The zero-order valence-corrected chi connectivity index (χ0v) is 15.4. The van der Waals surface area contributed by atoms with Crippen LogP contribution >= 0.6 is 0 Å². The summed E-state index contributed by atoms with van der Waals surface area (Å²) in [5, 5.41) is 11.8. The Morgan fingerprint density at radius 3 is 3.04 bits per heavy atom. The summed E-state index contributed by atoms with van der Waals surface area (Å²) in [7, 11) is 1.84. The van der Waals surface area contributed by atoms with E-state index >= 15 is 0 Å². The lowest BCUT2D eigenvalue weighted by Crippen LogP contribution is -2.48. The van der Waals surface area contributed by atoms with Crippen LogP contribution in [0.2, 0.25) is 0 Å². The van der Waals surface area contributed by atoms with Crippen LogP contribution in [0.15, 0.2) is 11.2 Å². The third-order valence-corrected chi connectivity index (χ3v) is 5.17. The molecule has 0 bridgehead atoms. The number of nitrogens with zero attached hydrogens (tertiary/aromatic N) is 3. The summed E-state index contributed by atoms with van der Waals surface area (Å²) in [6, 6.07) is 0.817. The maximum atomic E-state index is 5.53. The van der Waals surface area contributed by atoms with Gasteiger partial charge in [0.2, 0.25) is 0 Å². The number of ether oxygens (including phenoxy) is 1. The van der Waals surface area contributed by atoms with Crippen LogP contribution in [0, 0.1) is 5.41 Å². The first-order valence-corrected chi connectivity index (χ1v) is 9.11. The van der Waals surface area contributed by atoms with Crippen molar-refractivity contribution in [2.45, 2.75) is 58.5 Å². The van der Waals surface area contributed by atoms with Gasteiger partial charge >= 0.3 is 0 Å². The van der Waals surface area contributed by atoms with Crippen LogP contribution in [-0.4, -0.2) is 48.6 Å². The van der Waals surface area contributed by atoms with Gasteiger partial charge in [0.1, 0.15) is 0 Å². The molecule has 1 aromatic rings. The Bertz CT molecular complexity index is 586. The van der Waals surface area contributed by atoms with E-state index in [0.29, 0.717) is 12.1 Å². The maximum Gasteiger partial charge on any atom is 0.191 e. The highest BCUT2D eigenvalue weighted by Gasteiger charge is 2.30. The van der Waals surface area contributed by atoms with Crippen molar-refractivity contribution in [2.75, 3.05) is 26.8 Å². The number of fused-ring (bicyclic) bond motifs is 1. The smallest absolute Gasteiger partial charge is 0.191 e. The molecule has 6 heteroatoms. The molecule has 3 rings (SSSR count). The van der Waals surface area contributed by atoms with Gasteiger partial charge in [-0.1, -0.05) is 6.92 Å². The first-order valence-electron chi connectivity index (χ1n) is 9.11. The average molecular weight is 333 g/mol. The molecule has 2 N–H and O–H groups in total. The Kier molecular flexibility index (Phi) is 5.13. The molecule has 24 heavy (non-hydrogen) atoms. The number of aromatic nitrogens is 2. The number of nitrogens with one attached hydrogen (secondary N) is 2. The topological polar surface area (TPSA) is 63.5 Å². The minimum atomic E-state index is 0.216. The number of guanidine groups is 1. The molecule has 1 aliphatic carbocycles. The summed E-state index contributed by atoms with van der Waals surface area (Å²) in [4.78, 5) is 4.39. The van der Waals surface area contributed by atoms with Gasteiger partial charge in [-0.2, -0.15) is 5.10 Å². The molecule has 1 saturated heterocycles. The number of hydrogen-bond acceptors (Lipinski definition) is 3. The minimum Gasteiger partial charge on any atom is -0.381 e. The highest BCUT2D eigenvalue weighted by atomic mass is 16.5. The van der Waals surface area contributed by atoms with E-state index in [1.54, 1.807) is 0 Å². The molecule has 0 aromatic carbocycles. The van der Waals surface area contributed by atoms with Gasteiger partial charge in [-0.15, -0.1) is 0 Å². The molecule has 1 aliphatic heterocycles. The summed E-state index contributed by atoms with van der Waals surface area (Å²) in [5.41, 5.74) is 2.85. The Balaban J connectivity index is 1.55. The first-order chi connectivity index (χ1) is 11.5. The van der Waals surface area contributed by atoms with Crippen molar-refractivity contribution in [3.63, 3.8) is 0 Å². The largest absolute Gasteiger partial charge is 0.381 e. The minimum absolute atomic E-state index is 0.216. The Morgan fingerprint density at radius 1 is 1.54 bits per heavy atom. The van der Waals surface area contributed by atoms with Crippen molar-refractivity contribution in [1.82, 2.24) is 20.4 Å². The predicted molar refractivity (Wildman–Crippen MR) is 96.5 cm³/mol. The van der Waals surface area contributed by atoms with Crippen LogP contribution in [-0.2, 0) is 17.6 Å². The fourth-order valence-electron chi connectivity index (χ4n) is 3.43. The standard InChI is InChI=1S/C18H31N5O/c1-13(2)23-10-14-5-6-15(9-16(14)22-23)21-17(19-4)20-11-18(3)7-8-24-12-18/h10,13,15H,5-9,11-12H2,1-4H3,(H2,19,20,21). The van der Waals surface area contributed by atoms with E-state index in [4.69, 9.17) is 9.84 Å². The molecule has 2 unspecified atom stereocenters. The van der Waals surface area contributed by atoms with Gasteiger partial charge in [0, 0.05) is 50.3 Å². The molecular weight excluding hydrogens is 302 g/mol. The van der Waals surface area contributed by atoms with Gasteiger partial charge in [-0.05, 0) is 38.7 Å². The van der Waals surface area contributed by atoms with Gasteiger partial charge < -0.3 is 15.4 Å². The van der Waals surface area contributed by atoms with E-state index in [1.165, 1.54) is 11.3 Å². The zero-order chi connectivity index (χ0) is 17.2. The van der Waals surface area contributed by atoms with E-state index in [2.05, 4.69) is 47.3 Å². The molecule has 6 nitrogen and oxygen atoms in total. The number of hydrogen-bond donors (Lipinski definition) is 2. The molecule has 0 radical (unpaired) electrons. The normalized spacial score (nSPS) is 27.4. The molecule has 1 fully saturated rings. The van der Waals surface area contributed by atoms with E-state index in [-0.39, 0.29) is 5.41 Å². The molecule has 0 amide bonds. The van der Waals surface area contributed by atoms with E-state index in [9.17, 15) is 0 Å². The second-order valence-corrected chi connectivity index (χ2v) is 7.80. The molecular formula is C18H31N5O. The Hall–Kier alpha value is -1.56. The lowest BCUT2D eigenvalue weighted by molar-refractivity contribution is 0.160. The van der Waals surface area contributed by atoms with Crippen molar-refractivity contribution in [1.29, 1.82) is 0 Å². The summed E-state index contributed by atoms with van der Waals surface area (Å²) in [5.74, 6) is 0.889. The fraction of sp³-hybridized carbons (Fsp3) is 0.778. The van der Waals surface area contributed by atoms with Crippen LogP contribution in [0.5, 0.6) is 0 Å². The van der Waals surface area contributed by atoms with Gasteiger partial charge in [0.05, 0.1) is 12.3 Å². The lowest BCUT2D eigenvalue weighted by Gasteiger charge is -2.27. The molecule has 2 atom stereocenters. The van der Waals surface area contributed by atoms with E-state index < -0.39 is 0 Å². The van der Waals surface area contributed by atoms with Crippen LogP contribution in [0.3, 0.4) is 0 Å². The summed E-state index contributed by atoms with van der Waals surface area (Å²) in [6.07, 6.45) is 6.50. The van der Waals surface area contributed by atoms with Crippen molar-refractivity contribution >= 4 is 5.96 Å². The molecule has 1 aromatic heterocycles. The van der Waals surface area contributed by atoms with Crippen LogP contribution in [0.25, 0.3) is 0 Å². The van der Waals surface area contributed by atoms with Crippen LogP contribution < -0.4 is 10.6 Å². The molecule has 2 heterocycles. The van der Waals surface area contributed by atoms with Crippen molar-refractivity contribution in [2.24, 2.45) is 10.4 Å². The second kappa shape index (κ2) is 7.13. The van der Waals surface area contributed by atoms with Gasteiger partial charge in [-0.3, -0.25) is 9.67 Å². The first kappa shape index (κ1) is 17.3. The van der Waals surface area contributed by atoms with Crippen LogP contribution in [0.1, 0.15) is 50.9 Å². The fourth-order valence-corrected chi connectivity index (χ4v) is 3.43. The Morgan fingerprint density at radius 2 is 2.38 bits per heavy atom. The van der Waals surface area contributed by atoms with Crippen molar-refractivity contribution in [3.8, 4) is 0 Å². The highest BCUT2D eigenvalue weighted by Crippen LogP contribution is 2.26. The highest BCUT2D eigenvalue weighted by molar-refractivity contribution is 5.80. The predicted octanol–water partition coefficient (Wildman–Crippen LogP) is 1.91. The second-order valence-electron chi connectivity index (χ2n) is 7.80. The average Bonchev–Trinajstić information content (AvgIpc) is 3.17. The van der Waals surface area contributed by atoms with E-state index in [1.807, 2.05) is 7.05 Å². The quantitative estimate of drug-likeness (QED) is 0.653. The van der Waals surface area contributed by atoms with Gasteiger partial charge in [-0.25, -0.2) is 0 Å². The summed E-state index contributed by atoms with van der Waals surface area (Å²) in [6.45, 7) is 9.21. The SMILES string of the molecule is CN=C(NCC1(C)CCOC1)NC1CCc2cn(C(C)C)nc2C1. The lowest BCUT2D eigenvalue weighted by atomic mass is 9.90. The van der Waals surface area contributed by atoms with Gasteiger partial charge in [0.15, 0.2) is 5.96 Å². The molecule has 0 saturated carbocycles. The number of aliphatic imine (C=N–C) groups is 1. The molecule has 2 aliphatic rings. The number of rotatable bonds is 4. The Labute approximate surface area is 145 Å². The van der Waals surface area contributed by atoms with Gasteiger partial charge in [0.25, 0.3) is 0 Å². The summed E-state index contributed by atoms with van der Waals surface area (Å²) < 4.78 is 7.61. The third kappa shape index (κ3) is 3.91. The molecule has 134 valence electrons. The van der Waals surface area contributed by atoms with Crippen LogP contribution in [0.4, 0.5) is 0 Å². The zero-order valence-electron chi connectivity index (χ0n) is 15.4.